The first-order chi connectivity index (χ1) is 5.33. The lowest BCUT2D eigenvalue weighted by Crippen LogP contribution is -2.57. The van der Waals surface area contributed by atoms with Crippen LogP contribution < -0.4 is 5.32 Å². The summed E-state index contributed by atoms with van der Waals surface area (Å²) in [6.45, 7) is 6.09. The first-order valence-electron chi connectivity index (χ1n) is 4.14. The van der Waals surface area contributed by atoms with Gasteiger partial charge in [0, 0.05) is 0 Å². The topological polar surface area (TPSA) is 21.3 Å². The summed E-state index contributed by atoms with van der Waals surface area (Å²) in [5, 5.41) is 3.26. The van der Waals surface area contributed by atoms with Gasteiger partial charge in [0.2, 0.25) is 5.62 Å². The molecule has 0 aromatic carbocycles. The summed E-state index contributed by atoms with van der Waals surface area (Å²) < 4.78 is 6.32. The van der Waals surface area contributed by atoms with Crippen molar-refractivity contribution in [1.29, 1.82) is 0 Å². The summed E-state index contributed by atoms with van der Waals surface area (Å²) >= 11 is 6.15. The van der Waals surface area contributed by atoms with Crippen molar-refractivity contribution in [3.63, 3.8) is 0 Å². The Labute approximate surface area is 71.9 Å². The van der Waals surface area contributed by atoms with E-state index in [4.69, 9.17) is 16.3 Å². The molecule has 0 amide bonds. The van der Waals surface area contributed by atoms with Crippen molar-refractivity contribution in [2.45, 2.75) is 5.62 Å². The number of hydrogen-bond donors (Lipinski definition) is 1. The Morgan fingerprint density at radius 2 is 2.00 bits per heavy atom. The van der Waals surface area contributed by atoms with Crippen LogP contribution in [0.4, 0.5) is 0 Å². The molecule has 3 nitrogen and oxygen atoms in total. The van der Waals surface area contributed by atoms with Gasteiger partial charge in [-0.2, -0.15) is 0 Å². The molecule has 0 saturated carbocycles. The summed E-state index contributed by atoms with van der Waals surface area (Å²) in [5.41, 5.74) is 0.124. The molecule has 0 aromatic heterocycles. The maximum atomic E-state index is 6.15. The molecule has 0 aliphatic carbocycles. The average Bonchev–Trinajstić information content (AvgIpc) is 2.36. The fourth-order valence-electron chi connectivity index (χ4n) is 1.87. The van der Waals surface area contributed by atoms with Crippen LogP contribution in [0, 0.1) is 0 Å². The van der Waals surface area contributed by atoms with Crippen LogP contribution in [-0.4, -0.2) is 49.5 Å². The van der Waals surface area contributed by atoms with Gasteiger partial charge in [0.15, 0.2) is 0 Å². The molecule has 1 unspecified atom stereocenters. The van der Waals surface area contributed by atoms with Crippen molar-refractivity contribution in [2.24, 2.45) is 0 Å². The van der Waals surface area contributed by atoms with Gasteiger partial charge in [-0.25, -0.2) is 5.32 Å². The van der Waals surface area contributed by atoms with Crippen LogP contribution in [0.3, 0.4) is 0 Å². The molecule has 2 saturated heterocycles. The molecule has 1 spiro atoms. The van der Waals surface area contributed by atoms with E-state index in [0.29, 0.717) is 0 Å². The van der Waals surface area contributed by atoms with E-state index in [-0.39, 0.29) is 5.62 Å². The Balaban J connectivity index is 2.06. The van der Waals surface area contributed by atoms with Gasteiger partial charge in [0.1, 0.15) is 13.1 Å². The van der Waals surface area contributed by atoms with E-state index >= 15 is 0 Å². The van der Waals surface area contributed by atoms with Crippen LogP contribution in [0.2, 0.25) is 0 Å². The highest BCUT2D eigenvalue weighted by atomic mass is 35.5. The fraction of sp³-hybridized carbons (Fsp3) is 1.00. The average molecular weight is 178 g/mol. The molecule has 11 heavy (non-hydrogen) atoms. The van der Waals surface area contributed by atoms with Crippen LogP contribution in [0.15, 0.2) is 0 Å². The largest absolute Gasteiger partial charge is 0.370 e. The minimum absolute atomic E-state index is 0.124. The molecule has 2 aliphatic rings. The predicted octanol–water partition coefficient (Wildman–Crippen LogP) is -0.0410. The Hall–Kier alpha value is 0.170. The second-order valence-corrected chi connectivity index (χ2v) is 3.71. The van der Waals surface area contributed by atoms with Gasteiger partial charge < -0.3 is 4.74 Å². The number of nitrogens with zero attached hydrogens (tertiary/aromatic N) is 1. The summed E-state index contributed by atoms with van der Waals surface area (Å²) in [7, 11) is 0. The Morgan fingerprint density at radius 3 is 2.55 bits per heavy atom. The van der Waals surface area contributed by atoms with Crippen LogP contribution in [0.5, 0.6) is 0 Å². The summed E-state index contributed by atoms with van der Waals surface area (Å²) in [6, 6.07) is 0. The molecule has 0 bridgehead atoms. The number of nitrogens with one attached hydrogen (secondary N) is 1. The smallest absolute Gasteiger partial charge is 0.221 e. The van der Waals surface area contributed by atoms with E-state index in [1.54, 1.807) is 0 Å². The zero-order chi connectivity index (χ0) is 7.73. The van der Waals surface area contributed by atoms with Crippen molar-refractivity contribution in [1.82, 2.24) is 5.32 Å². The molecule has 64 valence electrons. The molecule has 2 fully saturated rings. The molecule has 2 aliphatic heterocycles. The van der Waals surface area contributed by atoms with Crippen LogP contribution >= 0.6 is 11.6 Å². The van der Waals surface area contributed by atoms with E-state index in [9.17, 15) is 0 Å². The normalized spacial score (nSPS) is 36.3. The predicted molar refractivity (Wildman–Crippen MR) is 43.3 cm³/mol. The van der Waals surface area contributed by atoms with Gasteiger partial charge >= 0.3 is 0 Å². The molecule has 1 N–H and O–H groups in total. The third-order valence-electron chi connectivity index (χ3n) is 2.71. The maximum absolute atomic E-state index is 6.15. The zero-order valence-corrected chi connectivity index (χ0v) is 7.31. The summed E-state index contributed by atoms with van der Waals surface area (Å²) in [5.74, 6) is 0. The fourth-order valence-corrected chi connectivity index (χ4v) is 2.27. The van der Waals surface area contributed by atoms with Crippen molar-refractivity contribution in [2.75, 3.05) is 39.4 Å². The number of morpholine rings is 1. The first kappa shape index (κ1) is 7.80. The SMILES string of the molecule is ClC1NCC[N+]12CCOCC2. The number of hydrogen-bond acceptors (Lipinski definition) is 2. The van der Waals surface area contributed by atoms with Gasteiger partial charge in [-0.15, -0.1) is 0 Å². The van der Waals surface area contributed by atoms with E-state index in [1.807, 2.05) is 0 Å². The van der Waals surface area contributed by atoms with E-state index < -0.39 is 0 Å². The summed E-state index contributed by atoms with van der Waals surface area (Å²) in [6.07, 6.45) is 0. The van der Waals surface area contributed by atoms with Gasteiger partial charge in [-0.1, -0.05) is 0 Å². The van der Waals surface area contributed by atoms with Gasteiger partial charge in [-0.05, 0) is 11.6 Å². The third kappa shape index (κ3) is 1.26. The molecular weight excluding hydrogens is 164 g/mol. The van der Waals surface area contributed by atoms with Crippen LogP contribution in [-0.2, 0) is 4.74 Å². The van der Waals surface area contributed by atoms with Crippen molar-refractivity contribution in [3.05, 3.63) is 0 Å². The van der Waals surface area contributed by atoms with E-state index in [1.165, 1.54) is 0 Å². The highest BCUT2D eigenvalue weighted by Crippen LogP contribution is 2.21. The minimum atomic E-state index is 0.124. The first-order valence-corrected chi connectivity index (χ1v) is 4.58. The second kappa shape index (κ2) is 2.90. The number of rotatable bonds is 0. The lowest BCUT2D eigenvalue weighted by Gasteiger charge is -2.39. The molecule has 2 rings (SSSR count). The monoisotopic (exact) mass is 177 g/mol. The summed E-state index contributed by atoms with van der Waals surface area (Å²) in [4.78, 5) is 0. The Kier molecular flexibility index (Phi) is 2.06. The molecule has 4 heteroatoms. The van der Waals surface area contributed by atoms with Crippen molar-refractivity contribution < 1.29 is 9.22 Å². The van der Waals surface area contributed by atoms with Gasteiger partial charge in [0.25, 0.3) is 0 Å². The molecule has 0 aromatic rings. The quantitative estimate of drug-likeness (QED) is 0.319. The Bertz CT molecular complexity index is 147. The second-order valence-electron chi connectivity index (χ2n) is 3.29. The molecular formula is C7H14ClN2O+. The standard InChI is InChI=1S/C7H14ClN2O/c8-7-9-1-2-10(7)3-5-11-6-4-10/h7,9H,1-6H2/q+1. The number of alkyl halides is 1. The number of ether oxygens (including phenoxy) is 1. The lowest BCUT2D eigenvalue weighted by molar-refractivity contribution is -0.935. The maximum Gasteiger partial charge on any atom is 0.221 e. The van der Waals surface area contributed by atoms with Crippen molar-refractivity contribution in [3.8, 4) is 0 Å². The lowest BCUT2D eigenvalue weighted by atomic mass is 10.3. The highest BCUT2D eigenvalue weighted by molar-refractivity contribution is 6.19. The Morgan fingerprint density at radius 1 is 1.27 bits per heavy atom. The van der Waals surface area contributed by atoms with Gasteiger partial charge in [-0.3, -0.25) is 4.48 Å². The highest BCUT2D eigenvalue weighted by Gasteiger charge is 2.41. The molecule has 0 radical (unpaired) electrons. The number of quaternary nitrogens is 1. The minimum Gasteiger partial charge on any atom is -0.370 e. The van der Waals surface area contributed by atoms with Gasteiger partial charge in [0.05, 0.1) is 26.3 Å². The van der Waals surface area contributed by atoms with Crippen LogP contribution in [0.25, 0.3) is 0 Å². The van der Waals surface area contributed by atoms with E-state index in [0.717, 1.165) is 43.9 Å². The number of halogens is 1. The van der Waals surface area contributed by atoms with Crippen molar-refractivity contribution >= 4 is 11.6 Å². The third-order valence-corrected chi connectivity index (χ3v) is 3.28. The molecule has 1 atom stereocenters. The van der Waals surface area contributed by atoms with E-state index in [2.05, 4.69) is 5.32 Å². The molecule has 2 heterocycles. The van der Waals surface area contributed by atoms with Crippen LogP contribution in [0.1, 0.15) is 0 Å². The zero-order valence-electron chi connectivity index (χ0n) is 6.55.